The summed E-state index contributed by atoms with van der Waals surface area (Å²) < 4.78 is 10.9. The maximum atomic E-state index is 14.3. The summed E-state index contributed by atoms with van der Waals surface area (Å²) in [5.74, 6) is 1.22. The highest BCUT2D eigenvalue weighted by Gasteiger charge is 2.36. The van der Waals surface area contributed by atoms with E-state index in [0.717, 1.165) is 38.0 Å². The zero-order valence-electron chi connectivity index (χ0n) is 26.0. The van der Waals surface area contributed by atoms with E-state index in [1.807, 2.05) is 12.1 Å². The van der Waals surface area contributed by atoms with E-state index in [9.17, 15) is 9.59 Å². The number of carbonyl (C=O) groups excluding carboxylic acids is 2. The third-order valence-corrected chi connectivity index (χ3v) is 8.26. The van der Waals surface area contributed by atoms with Gasteiger partial charge in [-0.1, -0.05) is 55.8 Å². The fraction of sp³-hybridized carbons (Fsp3) is 0.375. The largest absolute Gasteiger partial charge is 0.495 e. The first-order valence-electron chi connectivity index (χ1n) is 14.8. The Morgan fingerprint density at radius 3 is 2.36 bits per heavy atom. The minimum Gasteiger partial charge on any atom is -0.495 e. The Labute approximate surface area is 274 Å². The molecular weight excluding hydrogens is 617 g/mol. The van der Waals surface area contributed by atoms with Crippen LogP contribution in [0.2, 0.25) is 10.0 Å². The number of ether oxygens (including phenoxy) is 2. The number of fused-ring (bicyclic) bond motifs is 1. The van der Waals surface area contributed by atoms with E-state index in [0.29, 0.717) is 41.1 Å². The van der Waals surface area contributed by atoms with Crippen LogP contribution < -0.4 is 29.9 Å². The third-order valence-electron chi connectivity index (χ3n) is 7.53. The summed E-state index contributed by atoms with van der Waals surface area (Å²) in [5, 5.41) is 6.38. The lowest BCUT2D eigenvalue weighted by Gasteiger charge is -2.37. The predicted octanol–water partition coefficient (Wildman–Crippen LogP) is 6.61. The van der Waals surface area contributed by atoms with Crippen molar-refractivity contribution in [1.82, 2.24) is 14.9 Å². The van der Waals surface area contributed by atoms with Crippen LogP contribution in [0.5, 0.6) is 11.5 Å². The Bertz CT molecular complexity index is 1490. The first-order chi connectivity index (χ1) is 21.7. The van der Waals surface area contributed by atoms with E-state index in [4.69, 9.17) is 37.7 Å². The van der Waals surface area contributed by atoms with Gasteiger partial charge < -0.3 is 25.0 Å². The molecule has 2 N–H and O–H groups in total. The molecule has 0 unspecified atom stereocenters. The highest BCUT2D eigenvalue weighted by molar-refractivity contribution is 6.42. The summed E-state index contributed by atoms with van der Waals surface area (Å²) >= 11 is 13.5. The van der Waals surface area contributed by atoms with Crippen LogP contribution in [0.1, 0.15) is 37.8 Å². The van der Waals surface area contributed by atoms with Gasteiger partial charge in [0.25, 0.3) is 0 Å². The number of carbonyl (C=O) groups is 2. The highest BCUT2D eigenvalue weighted by atomic mass is 35.5. The molecule has 3 aromatic rings. The molecule has 0 saturated heterocycles. The number of rotatable bonds is 15. The average molecular weight is 657 g/mol. The standard InChI is InChI=1S/C32H39Cl2N7O4/c1-6-26(42)37-23-13-11-21(12-14-23)19-41-30-22(18-36-31(38-30)35-15-9-10-16-39(7-2)8-3)20-40(32(41)43)29-27(33)24(44-4)17-25(45-5)28(29)34/h6,11-14,17-18H,1,7-10,15-16,19-20H2,2-5H3,(H,37,42)(H,35,36,38). The van der Waals surface area contributed by atoms with Crippen molar-refractivity contribution >= 4 is 58.3 Å². The highest BCUT2D eigenvalue weighted by Crippen LogP contribution is 2.48. The first-order valence-corrected chi connectivity index (χ1v) is 15.5. The van der Waals surface area contributed by atoms with Crippen LogP contribution in [0.25, 0.3) is 0 Å². The van der Waals surface area contributed by atoms with E-state index in [1.165, 1.54) is 25.2 Å². The van der Waals surface area contributed by atoms with E-state index in [-0.39, 0.29) is 34.7 Å². The van der Waals surface area contributed by atoms with E-state index in [1.54, 1.807) is 29.3 Å². The van der Waals surface area contributed by atoms with Crippen molar-refractivity contribution in [1.29, 1.82) is 0 Å². The fourth-order valence-corrected chi connectivity index (χ4v) is 5.70. The SMILES string of the molecule is C=CC(=O)Nc1ccc(CN2C(=O)N(c3c(Cl)c(OC)cc(OC)c3Cl)Cc3cnc(NCCCCN(CC)CC)nc32)cc1. The molecule has 2 aromatic carbocycles. The predicted molar refractivity (Wildman–Crippen MR) is 180 cm³/mol. The molecule has 45 heavy (non-hydrogen) atoms. The van der Waals surface area contributed by atoms with Crippen molar-refractivity contribution in [2.75, 3.05) is 60.8 Å². The molecule has 0 bridgehead atoms. The lowest BCUT2D eigenvalue weighted by Crippen LogP contribution is -2.48. The number of hydrogen-bond donors (Lipinski definition) is 2. The number of halogens is 2. The number of anilines is 4. The molecule has 3 amide bonds. The third kappa shape index (κ3) is 7.97. The second-order valence-electron chi connectivity index (χ2n) is 10.3. The van der Waals surface area contributed by atoms with Crippen molar-refractivity contribution in [2.45, 2.75) is 39.8 Å². The molecule has 0 radical (unpaired) electrons. The van der Waals surface area contributed by atoms with Crippen LogP contribution in [0, 0.1) is 0 Å². The van der Waals surface area contributed by atoms with Crippen LogP contribution in [0.15, 0.2) is 49.2 Å². The number of nitrogens with one attached hydrogen (secondary N) is 2. The molecule has 11 nitrogen and oxygen atoms in total. The summed E-state index contributed by atoms with van der Waals surface area (Å²) in [5.41, 5.74) is 2.36. The molecule has 1 aromatic heterocycles. The molecule has 2 heterocycles. The topological polar surface area (TPSA) is 112 Å². The molecule has 4 rings (SSSR count). The van der Waals surface area contributed by atoms with Gasteiger partial charge in [0, 0.05) is 30.1 Å². The molecule has 1 aliphatic heterocycles. The van der Waals surface area contributed by atoms with Crippen molar-refractivity contribution < 1.29 is 19.1 Å². The molecule has 0 atom stereocenters. The van der Waals surface area contributed by atoms with Gasteiger partial charge in [0.2, 0.25) is 11.9 Å². The Morgan fingerprint density at radius 1 is 1.09 bits per heavy atom. The number of hydrogen-bond acceptors (Lipinski definition) is 8. The lowest BCUT2D eigenvalue weighted by molar-refractivity contribution is -0.111. The number of unbranched alkanes of at least 4 members (excludes halogenated alkanes) is 1. The van der Waals surface area contributed by atoms with E-state index in [2.05, 4.69) is 40.9 Å². The Balaban J connectivity index is 1.66. The van der Waals surface area contributed by atoms with Crippen molar-refractivity contribution in [3.8, 4) is 11.5 Å². The van der Waals surface area contributed by atoms with Gasteiger partial charge in [-0.2, -0.15) is 4.98 Å². The monoisotopic (exact) mass is 655 g/mol. The smallest absolute Gasteiger partial charge is 0.330 e. The number of nitrogens with zero attached hydrogens (tertiary/aromatic N) is 5. The number of amides is 3. The molecule has 1 aliphatic rings. The Hall–Kier alpha value is -4.06. The summed E-state index contributed by atoms with van der Waals surface area (Å²) in [6.07, 6.45) is 4.91. The van der Waals surface area contributed by atoms with Gasteiger partial charge in [0.15, 0.2) is 0 Å². The zero-order valence-corrected chi connectivity index (χ0v) is 27.5. The molecule has 0 spiro atoms. The van der Waals surface area contributed by atoms with Gasteiger partial charge in [-0.25, -0.2) is 9.78 Å². The molecule has 0 aliphatic carbocycles. The van der Waals surface area contributed by atoms with Gasteiger partial charge in [0.05, 0.1) is 33.0 Å². The molecular formula is C32H39Cl2N7O4. The van der Waals surface area contributed by atoms with E-state index >= 15 is 0 Å². The normalized spacial score (nSPS) is 12.6. The first kappa shape index (κ1) is 33.8. The fourth-order valence-electron chi connectivity index (χ4n) is 5.00. The number of aromatic nitrogens is 2. The van der Waals surface area contributed by atoms with Crippen molar-refractivity contribution in [2.24, 2.45) is 0 Å². The van der Waals surface area contributed by atoms with Gasteiger partial charge in [0.1, 0.15) is 27.4 Å². The summed E-state index contributed by atoms with van der Waals surface area (Å²) in [6.45, 7) is 11.9. The van der Waals surface area contributed by atoms with Gasteiger partial charge >= 0.3 is 6.03 Å². The Kier molecular flexibility index (Phi) is 11.9. The minimum absolute atomic E-state index is 0.122. The molecule has 13 heteroatoms. The van der Waals surface area contributed by atoms with Crippen LogP contribution in [-0.4, -0.2) is 67.2 Å². The molecule has 240 valence electrons. The average Bonchev–Trinajstić information content (AvgIpc) is 3.05. The number of benzene rings is 2. The molecule has 0 fully saturated rings. The second kappa shape index (κ2) is 15.8. The number of methoxy groups -OCH3 is 2. The van der Waals surface area contributed by atoms with E-state index < -0.39 is 6.03 Å². The van der Waals surface area contributed by atoms with Crippen molar-refractivity contribution in [3.63, 3.8) is 0 Å². The summed E-state index contributed by atoms with van der Waals surface area (Å²) in [7, 11) is 2.95. The maximum absolute atomic E-state index is 14.3. The minimum atomic E-state index is -0.394. The van der Waals surface area contributed by atoms with Crippen LogP contribution in [0.4, 0.5) is 27.9 Å². The van der Waals surface area contributed by atoms with Crippen LogP contribution in [0.3, 0.4) is 0 Å². The second-order valence-corrected chi connectivity index (χ2v) is 11.1. The lowest BCUT2D eigenvalue weighted by atomic mass is 10.1. The van der Waals surface area contributed by atoms with Gasteiger partial charge in [-0.15, -0.1) is 0 Å². The quantitative estimate of drug-likeness (QED) is 0.139. The summed E-state index contributed by atoms with van der Waals surface area (Å²) in [4.78, 5) is 40.8. The van der Waals surface area contributed by atoms with Crippen molar-refractivity contribution in [3.05, 3.63) is 70.4 Å². The maximum Gasteiger partial charge on any atom is 0.330 e. The van der Waals surface area contributed by atoms with Gasteiger partial charge in [-0.05, 0) is 56.2 Å². The van der Waals surface area contributed by atoms with Gasteiger partial charge in [-0.3, -0.25) is 14.6 Å². The van der Waals surface area contributed by atoms with Crippen LogP contribution in [-0.2, 0) is 17.9 Å². The zero-order chi connectivity index (χ0) is 32.5. The Morgan fingerprint density at radius 2 is 1.76 bits per heavy atom. The number of urea groups is 1. The molecule has 0 saturated carbocycles. The summed E-state index contributed by atoms with van der Waals surface area (Å²) in [6, 6.07) is 8.36. The van der Waals surface area contributed by atoms with Crippen LogP contribution >= 0.6 is 23.2 Å².